The molecule has 0 aliphatic heterocycles. The summed E-state index contributed by atoms with van der Waals surface area (Å²) in [6.45, 7) is 4.29. The largest absolute Gasteiger partial charge is 0.311 e. The van der Waals surface area contributed by atoms with Crippen LogP contribution < -0.4 is 4.90 Å². The molecule has 0 saturated heterocycles. The Hall–Kier alpha value is -2.54. The predicted molar refractivity (Wildman–Crippen MR) is 100 cm³/mol. The molecule has 1 amide bonds. The number of rotatable bonds is 5. The van der Waals surface area contributed by atoms with Crippen LogP contribution in [0.4, 0.5) is 5.69 Å². The lowest BCUT2D eigenvalue weighted by molar-refractivity contribution is -0.121. The molecule has 7 heteroatoms. The van der Waals surface area contributed by atoms with E-state index in [-0.39, 0.29) is 5.91 Å². The van der Waals surface area contributed by atoms with Crippen LogP contribution in [0.25, 0.3) is 11.4 Å². The average molecular weight is 400 g/mol. The lowest BCUT2D eigenvalue weighted by Gasteiger charge is -2.23. The van der Waals surface area contributed by atoms with Crippen LogP contribution in [0, 0.1) is 0 Å². The maximum atomic E-state index is 12.9. The lowest BCUT2D eigenvalue weighted by atomic mass is 10.2. The Bertz CT molecular complexity index is 847. The van der Waals surface area contributed by atoms with Crippen molar-refractivity contribution in [3.63, 3.8) is 0 Å². The van der Waals surface area contributed by atoms with Gasteiger partial charge in [-0.3, -0.25) is 4.79 Å². The summed E-state index contributed by atoms with van der Waals surface area (Å²) in [5.74, 6) is 0.420. The van der Waals surface area contributed by atoms with E-state index in [4.69, 9.17) is 0 Å². The molecule has 2 aromatic carbocycles. The molecular formula is C18H18BrN5O. The molecule has 1 unspecified atom stereocenters. The van der Waals surface area contributed by atoms with Gasteiger partial charge in [0.1, 0.15) is 6.04 Å². The first-order chi connectivity index (χ1) is 12.1. The molecule has 3 rings (SSSR count). The number of hydrogen-bond donors (Lipinski definition) is 0. The summed E-state index contributed by atoms with van der Waals surface area (Å²) in [5, 5.41) is 12.5. The third-order valence-corrected chi connectivity index (χ3v) is 4.41. The van der Waals surface area contributed by atoms with Gasteiger partial charge < -0.3 is 4.90 Å². The highest BCUT2D eigenvalue weighted by Gasteiger charge is 2.24. The van der Waals surface area contributed by atoms with Gasteiger partial charge in [-0.2, -0.15) is 4.80 Å². The molecule has 0 aliphatic rings. The van der Waals surface area contributed by atoms with Crippen molar-refractivity contribution >= 4 is 27.5 Å². The summed E-state index contributed by atoms with van der Waals surface area (Å²) in [5.41, 5.74) is 1.71. The fraction of sp³-hybridized carbons (Fsp3) is 0.222. The van der Waals surface area contributed by atoms with E-state index in [1.165, 1.54) is 4.80 Å². The molecule has 0 bridgehead atoms. The molecule has 1 heterocycles. The first kappa shape index (κ1) is 17.3. The second kappa shape index (κ2) is 7.57. The molecule has 0 saturated carbocycles. The monoisotopic (exact) mass is 399 g/mol. The standard InChI is InChI=1S/C18H18BrN5O/c1-3-23(16-7-5-4-6-8-16)18(25)13(2)24-21-17(20-22-24)14-9-11-15(19)12-10-14/h4-13H,3H2,1-2H3. The Morgan fingerprint density at radius 1 is 1.16 bits per heavy atom. The van der Waals surface area contributed by atoms with Crippen LogP contribution in [0.3, 0.4) is 0 Å². The van der Waals surface area contributed by atoms with Crippen LogP contribution in [0.5, 0.6) is 0 Å². The lowest BCUT2D eigenvalue weighted by Crippen LogP contribution is -2.37. The Kier molecular flexibility index (Phi) is 5.23. The van der Waals surface area contributed by atoms with E-state index in [0.29, 0.717) is 12.4 Å². The topological polar surface area (TPSA) is 63.9 Å². The van der Waals surface area contributed by atoms with Gasteiger partial charge in [0.05, 0.1) is 0 Å². The van der Waals surface area contributed by atoms with Gasteiger partial charge in [0.2, 0.25) is 5.82 Å². The number of para-hydroxylation sites is 1. The summed E-state index contributed by atoms with van der Waals surface area (Å²) in [7, 11) is 0. The summed E-state index contributed by atoms with van der Waals surface area (Å²) >= 11 is 3.40. The molecule has 0 spiro atoms. The van der Waals surface area contributed by atoms with E-state index in [9.17, 15) is 4.79 Å². The first-order valence-corrected chi connectivity index (χ1v) is 8.81. The minimum atomic E-state index is -0.545. The number of hydrogen-bond acceptors (Lipinski definition) is 4. The van der Waals surface area contributed by atoms with Gasteiger partial charge in [-0.25, -0.2) is 0 Å². The molecule has 6 nitrogen and oxygen atoms in total. The van der Waals surface area contributed by atoms with Gasteiger partial charge in [0.15, 0.2) is 0 Å². The van der Waals surface area contributed by atoms with E-state index in [2.05, 4.69) is 31.3 Å². The fourth-order valence-corrected chi connectivity index (χ4v) is 2.77. The van der Waals surface area contributed by atoms with Crippen molar-refractivity contribution < 1.29 is 4.79 Å². The SMILES string of the molecule is CCN(C(=O)C(C)n1nnc(-c2ccc(Br)cc2)n1)c1ccccc1. The van der Waals surface area contributed by atoms with E-state index in [0.717, 1.165) is 15.7 Å². The van der Waals surface area contributed by atoms with Crippen LogP contribution in [-0.2, 0) is 4.79 Å². The van der Waals surface area contributed by atoms with Crippen LogP contribution in [0.1, 0.15) is 19.9 Å². The van der Waals surface area contributed by atoms with Crippen molar-refractivity contribution in [1.29, 1.82) is 0 Å². The minimum absolute atomic E-state index is 0.0755. The third kappa shape index (κ3) is 3.76. The first-order valence-electron chi connectivity index (χ1n) is 8.02. The maximum Gasteiger partial charge on any atom is 0.253 e. The van der Waals surface area contributed by atoms with E-state index < -0.39 is 6.04 Å². The van der Waals surface area contributed by atoms with Crippen molar-refractivity contribution in [1.82, 2.24) is 20.2 Å². The minimum Gasteiger partial charge on any atom is -0.311 e. The summed E-state index contributed by atoms with van der Waals surface area (Å²) < 4.78 is 0.980. The van der Waals surface area contributed by atoms with Crippen LogP contribution >= 0.6 is 15.9 Å². The predicted octanol–water partition coefficient (Wildman–Crippen LogP) is 3.72. The highest BCUT2D eigenvalue weighted by atomic mass is 79.9. The van der Waals surface area contributed by atoms with Crippen molar-refractivity contribution in [3.05, 3.63) is 59.1 Å². The number of likely N-dealkylation sites (N-methyl/N-ethyl adjacent to an activating group) is 1. The number of aromatic nitrogens is 4. The summed E-state index contributed by atoms with van der Waals surface area (Å²) in [4.78, 5) is 15.9. The molecular weight excluding hydrogens is 382 g/mol. The number of benzene rings is 2. The van der Waals surface area contributed by atoms with Crippen LogP contribution in [0.15, 0.2) is 59.1 Å². The van der Waals surface area contributed by atoms with Gasteiger partial charge >= 0.3 is 0 Å². The molecule has 1 aromatic heterocycles. The van der Waals surface area contributed by atoms with Gasteiger partial charge in [0.25, 0.3) is 5.91 Å². The van der Waals surface area contributed by atoms with E-state index >= 15 is 0 Å². The van der Waals surface area contributed by atoms with Crippen molar-refractivity contribution in [2.24, 2.45) is 0 Å². The quantitative estimate of drug-likeness (QED) is 0.655. The molecule has 0 fully saturated rings. The number of tetrazole rings is 1. The van der Waals surface area contributed by atoms with Crippen LogP contribution in [-0.4, -0.2) is 32.7 Å². The fourth-order valence-electron chi connectivity index (χ4n) is 2.50. The smallest absolute Gasteiger partial charge is 0.253 e. The highest BCUT2D eigenvalue weighted by molar-refractivity contribution is 9.10. The van der Waals surface area contributed by atoms with Gasteiger partial charge in [-0.1, -0.05) is 34.1 Å². The molecule has 0 N–H and O–H groups in total. The van der Waals surface area contributed by atoms with Crippen molar-refractivity contribution in [3.8, 4) is 11.4 Å². The van der Waals surface area contributed by atoms with Gasteiger partial charge in [0, 0.05) is 22.3 Å². The van der Waals surface area contributed by atoms with E-state index in [1.54, 1.807) is 11.8 Å². The highest BCUT2D eigenvalue weighted by Crippen LogP contribution is 2.20. The Labute approximate surface area is 154 Å². The zero-order chi connectivity index (χ0) is 17.8. The maximum absolute atomic E-state index is 12.9. The van der Waals surface area contributed by atoms with Gasteiger partial charge in [-0.15, -0.1) is 10.2 Å². The Balaban J connectivity index is 1.82. The van der Waals surface area contributed by atoms with Crippen LogP contribution in [0.2, 0.25) is 0 Å². The van der Waals surface area contributed by atoms with Crippen molar-refractivity contribution in [2.75, 3.05) is 11.4 Å². The number of halogens is 1. The summed E-state index contributed by atoms with van der Waals surface area (Å²) in [6, 6.07) is 16.7. The number of nitrogens with zero attached hydrogens (tertiary/aromatic N) is 5. The van der Waals surface area contributed by atoms with Crippen molar-refractivity contribution in [2.45, 2.75) is 19.9 Å². The Morgan fingerprint density at radius 3 is 2.48 bits per heavy atom. The molecule has 25 heavy (non-hydrogen) atoms. The molecule has 128 valence electrons. The van der Waals surface area contributed by atoms with E-state index in [1.807, 2.05) is 61.5 Å². The number of carbonyl (C=O) groups excluding carboxylic acids is 1. The summed E-state index contributed by atoms with van der Waals surface area (Å²) in [6.07, 6.45) is 0. The zero-order valence-corrected chi connectivity index (χ0v) is 15.6. The number of amides is 1. The molecule has 0 radical (unpaired) electrons. The second-order valence-corrected chi connectivity index (χ2v) is 6.45. The average Bonchev–Trinajstić information content (AvgIpc) is 3.13. The zero-order valence-electron chi connectivity index (χ0n) is 14.0. The number of anilines is 1. The molecule has 0 aliphatic carbocycles. The number of carbonyl (C=O) groups is 1. The second-order valence-electron chi connectivity index (χ2n) is 5.53. The molecule has 1 atom stereocenters. The third-order valence-electron chi connectivity index (χ3n) is 3.88. The molecule has 3 aromatic rings. The normalized spacial score (nSPS) is 12.0. The van der Waals surface area contributed by atoms with Gasteiger partial charge in [-0.05, 0) is 55.5 Å². The Morgan fingerprint density at radius 2 is 1.84 bits per heavy atom.